The van der Waals surface area contributed by atoms with Gasteiger partial charge in [0, 0.05) is 37.3 Å². The van der Waals surface area contributed by atoms with Crippen LogP contribution in [0.3, 0.4) is 0 Å². The summed E-state index contributed by atoms with van der Waals surface area (Å²) in [6.45, 7) is 0.473. The Bertz CT molecular complexity index is 916. The molecule has 1 atom stereocenters. The van der Waals surface area contributed by atoms with Crippen molar-refractivity contribution < 1.29 is 14.7 Å². The van der Waals surface area contributed by atoms with Crippen LogP contribution in [0, 0.1) is 11.8 Å². The lowest BCUT2D eigenvalue weighted by Crippen LogP contribution is -2.37. The van der Waals surface area contributed by atoms with E-state index in [1.165, 1.54) is 11.1 Å². The highest BCUT2D eigenvalue weighted by molar-refractivity contribution is 5.90. The Morgan fingerprint density at radius 1 is 1.40 bits per heavy atom. The van der Waals surface area contributed by atoms with Crippen LogP contribution in [-0.2, 0) is 4.79 Å². The summed E-state index contributed by atoms with van der Waals surface area (Å²) in [4.78, 5) is 32.5. The number of rotatable bonds is 2. The van der Waals surface area contributed by atoms with Crippen LogP contribution < -0.4 is 5.73 Å². The van der Waals surface area contributed by atoms with Crippen LogP contribution in [0.15, 0.2) is 36.5 Å². The molecule has 1 fully saturated rings. The third-order valence-electron chi connectivity index (χ3n) is 3.96. The molecule has 1 aromatic carbocycles. The van der Waals surface area contributed by atoms with E-state index < -0.39 is 17.4 Å². The van der Waals surface area contributed by atoms with E-state index in [4.69, 9.17) is 5.73 Å². The molecule has 7 heteroatoms. The van der Waals surface area contributed by atoms with Crippen LogP contribution in [0.1, 0.15) is 22.6 Å². The summed E-state index contributed by atoms with van der Waals surface area (Å²) in [5.74, 6) is 4.35. The highest BCUT2D eigenvalue weighted by Crippen LogP contribution is 2.21. The summed E-state index contributed by atoms with van der Waals surface area (Å²) < 4.78 is 0. The molecular weight excluding hydrogens is 320 g/mol. The van der Waals surface area contributed by atoms with Crippen molar-refractivity contribution in [3.8, 4) is 23.1 Å². The van der Waals surface area contributed by atoms with E-state index in [2.05, 4.69) is 21.8 Å². The monoisotopic (exact) mass is 336 g/mol. The highest BCUT2D eigenvalue weighted by Gasteiger charge is 2.42. The van der Waals surface area contributed by atoms with Gasteiger partial charge in [-0.25, -0.2) is 9.97 Å². The van der Waals surface area contributed by atoms with Gasteiger partial charge in [-0.15, -0.1) is 0 Å². The zero-order valence-electron chi connectivity index (χ0n) is 13.6. The Morgan fingerprint density at radius 2 is 2.20 bits per heavy atom. The number of carbonyl (C=O) groups is 2. The summed E-state index contributed by atoms with van der Waals surface area (Å²) in [7, 11) is 1.63. The molecule has 3 N–H and O–H groups in total. The second-order valence-corrected chi connectivity index (χ2v) is 5.80. The molecule has 0 aliphatic carbocycles. The number of benzene rings is 1. The molecule has 1 aliphatic rings. The van der Waals surface area contributed by atoms with Gasteiger partial charge in [0.2, 0.25) is 11.4 Å². The fraction of sp³-hybridized carbons (Fsp3) is 0.222. The summed E-state index contributed by atoms with van der Waals surface area (Å²) >= 11 is 0. The Balaban J connectivity index is 1.91. The second kappa shape index (κ2) is 6.34. The summed E-state index contributed by atoms with van der Waals surface area (Å²) in [6, 6.07) is 8.76. The largest absolute Gasteiger partial charge is 0.369 e. The molecule has 0 spiro atoms. The minimum Gasteiger partial charge on any atom is -0.369 e. The highest BCUT2D eigenvalue weighted by atomic mass is 16.3. The number of primary amides is 1. The van der Waals surface area contributed by atoms with Crippen molar-refractivity contribution in [2.45, 2.75) is 12.0 Å². The van der Waals surface area contributed by atoms with Crippen LogP contribution in [0.5, 0.6) is 0 Å². The van der Waals surface area contributed by atoms with Crippen molar-refractivity contribution >= 4 is 11.8 Å². The fourth-order valence-electron chi connectivity index (χ4n) is 2.54. The number of amides is 2. The van der Waals surface area contributed by atoms with Crippen molar-refractivity contribution in [1.82, 2.24) is 14.9 Å². The Hall–Kier alpha value is -3.24. The zero-order valence-corrected chi connectivity index (χ0v) is 13.6. The average molecular weight is 336 g/mol. The van der Waals surface area contributed by atoms with Crippen molar-refractivity contribution in [3.63, 3.8) is 0 Å². The average Bonchev–Trinajstić information content (AvgIpc) is 2.88. The smallest absolute Gasteiger partial charge is 0.286 e. The number of aliphatic hydroxyl groups is 1. The number of aromatic nitrogens is 2. The van der Waals surface area contributed by atoms with Gasteiger partial charge in [-0.3, -0.25) is 9.59 Å². The molecule has 3 rings (SSSR count). The lowest BCUT2D eigenvalue weighted by atomic mass is 10.0. The van der Waals surface area contributed by atoms with E-state index in [1.807, 2.05) is 6.07 Å². The van der Waals surface area contributed by atoms with Gasteiger partial charge in [-0.1, -0.05) is 24.0 Å². The maximum absolute atomic E-state index is 12.0. The Morgan fingerprint density at radius 3 is 2.88 bits per heavy atom. The summed E-state index contributed by atoms with van der Waals surface area (Å²) in [5.41, 5.74) is 5.43. The van der Waals surface area contributed by atoms with E-state index in [9.17, 15) is 14.7 Å². The standard InChI is InChI=1S/C18H16N4O3/c1-22-10-8-18(25,17(22)24)7-5-12-3-2-4-13(11-12)14-6-9-20-16(21-14)15(19)23/h2-4,6,9,11,25H,8,10H2,1H3,(H2,19,23)/t18-/m0/s1. The normalized spacial score (nSPS) is 19.4. The van der Waals surface area contributed by atoms with E-state index in [0.717, 1.165) is 5.56 Å². The molecule has 0 unspecified atom stereocenters. The number of nitrogens with two attached hydrogens (primary N) is 1. The third kappa shape index (κ3) is 3.34. The summed E-state index contributed by atoms with van der Waals surface area (Å²) in [6.07, 6.45) is 1.74. The number of carbonyl (C=O) groups excluding carboxylic acids is 2. The Labute approximate surface area is 144 Å². The molecule has 2 heterocycles. The van der Waals surface area contributed by atoms with Crippen LogP contribution >= 0.6 is 0 Å². The second-order valence-electron chi connectivity index (χ2n) is 5.80. The lowest BCUT2D eigenvalue weighted by molar-refractivity contribution is -0.137. The van der Waals surface area contributed by atoms with Gasteiger partial charge < -0.3 is 15.7 Å². The predicted molar refractivity (Wildman–Crippen MR) is 90.1 cm³/mol. The minimum atomic E-state index is -1.64. The molecule has 0 radical (unpaired) electrons. The van der Waals surface area contributed by atoms with E-state index in [0.29, 0.717) is 17.8 Å². The first-order chi connectivity index (χ1) is 11.9. The first kappa shape index (κ1) is 16.6. The quantitative estimate of drug-likeness (QED) is 0.761. The molecule has 1 aromatic heterocycles. The van der Waals surface area contributed by atoms with E-state index in [1.54, 1.807) is 31.3 Å². The van der Waals surface area contributed by atoms with Gasteiger partial charge >= 0.3 is 0 Å². The van der Waals surface area contributed by atoms with Crippen molar-refractivity contribution in [1.29, 1.82) is 0 Å². The molecule has 25 heavy (non-hydrogen) atoms. The number of hydrogen-bond donors (Lipinski definition) is 2. The zero-order chi connectivity index (χ0) is 18.0. The van der Waals surface area contributed by atoms with Crippen molar-refractivity contribution in [2.24, 2.45) is 5.73 Å². The Kier molecular flexibility index (Phi) is 4.21. The SMILES string of the molecule is CN1CC[C@@](O)(C#Cc2cccc(-c3ccnc(C(N)=O)n3)c2)C1=O. The van der Waals surface area contributed by atoms with Gasteiger partial charge in [0.05, 0.1) is 5.69 Å². The first-order valence-corrected chi connectivity index (χ1v) is 7.63. The lowest BCUT2D eigenvalue weighted by Gasteiger charge is -2.13. The van der Waals surface area contributed by atoms with Gasteiger partial charge in [-0.05, 0) is 18.2 Å². The van der Waals surface area contributed by atoms with Gasteiger partial charge in [0.15, 0.2) is 0 Å². The number of nitrogens with zero attached hydrogens (tertiary/aromatic N) is 3. The molecule has 0 saturated carbocycles. The number of hydrogen-bond acceptors (Lipinski definition) is 5. The van der Waals surface area contributed by atoms with Crippen LogP contribution in [-0.4, -0.2) is 51.0 Å². The first-order valence-electron chi connectivity index (χ1n) is 7.63. The molecule has 2 amide bonds. The maximum Gasteiger partial charge on any atom is 0.286 e. The van der Waals surface area contributed by atoms with Crippen LogP contribution in [0.4, 0.5) is 0 Å². The minimum absolute atomic E-state index is 0.0668. The molecule has 126 valence electrons. The molecule has 0 bridgehead atoms. The van der Waals surface area contributed by atoms with Gasteiger partial charge in [-0.2, -0.15) is 0 Å². The fourth-order valence-corrected chi connectivity index (χ4v) is 2.54. The predicted octanol–water partition coefficient (Wildman–Crippen LogP) is 0.187. The van der Waals surface area contributed by atoms with Crippen molar-refractivity contribution in [3.05, 3.63) is 47.9 Å². The van der Waals surface area contributed by atoms with E-state index >= 15 is 0 Å². The molecule has 1 aliphatic heterocycles. The topological polar surface area (TPSA) is 109 Å². The molecular formula is C18H16N4O3. The van der Waals surface area contributed by atoms with Crippen LogP contribution in [0.2, 0.25) is 0 Å². The number of likely N-dealkylation sites (tertiary alicyclic amines) is 1. The third-order valence-corrected chi connectivity index (χ3v) is 3.96. The molecule has 2 aromatic rings. The van der Waals surface area contributed by atoms with Gasteiger partial charge in [0.1, 0.15) is 0 Å². The maximum atomic E-state index is 12.0. The molecule has 7 nitrogen and oxygen atoms in total. The number of likely N-dealkylation sites (N-methyl/N-ethyl adjacent to an activating group) is 1. The van der Waals surface area contributed by atoms with Gasteiger partial charge in [0.25, 0.3) is 11.8 Å². The summed E-state index contributed by atoms with van der Waals surface area (Å²) in [5, 5.41) is 10.3. The van der Waals surface area contributed by atoms with Crippen LogP contribution in [0.25, 0.3) is 11.3 Å². The van der Waals surface area contributed by atoms with Crippen molar-refractivity contribution in [2.75, 3.05) is 13.6 Å². The van der Waals surface area contributed by atoms with E-state index in [-0.39, 0.29) is 12.2 Å². The molecule has 1 saturated heterocycles.